The molecule has 3 N–H and O–H groups in total. The highest BCUT2D eigenvalue weighted by Gasteiger charge is 2.04. The van der Waals surface area contributed by atoms with Gasteiger partial charge in [0.15, 0.2) is 0 Å². The monoisotopic (exact) mass is 205 g/mol. The molecule has 1 aromatic rings. The van der Waals surface area contributed by atoms with Gasteiger partial charge in [-0.15, -0.1) is 0 Å². The maximum atomic E-state index is 5.82. The maximum absolute atomic E-state index is 5.82. The number of nitrogens with two attached hydrogens (primary N) is 1. The molecule has 1 aromatic heterocycles. The molecule has 1 rings (SSSR count). The number of pyridine rings is 1. The van der Waals surface area contributed by atoms with Crippen molar-refractivity contribution in [3.63, 3.8) is 0 Å². The van der Waals surface area contributed by atoms with Crippen molar-refractivity contribution in [3.05, 3.63) is 16.1 Å². The van der Waals surface area contributed by atoms with Crippen molar-refractivity contribution in [2.75, 3.05) is 17.6 Å². The summed E-state index contributed by atoms with van der Waals surface area (Å²) in [7, 11) is 0. The van der Waals surface area contributed by atoms with Crippen LogP contribution in [0.5, 0.6) is 0 Å². The van der Waals surface area contributed by atoms with Crippen molar-refractivity contribution in [1.29, 1.82) is 0 Å². The third kappa shape index (κ3) is 1.93. The number of hydrogen-bond donors (Lipinski definition) is 2. The molecular weight excluding hydrogens is 197 g/mol. The van der Waals surface area contributed by atoms with Crippen LogP contribution in [0, 0.1) is 0 Å². The molecule has 12 heavy (non-hydrogen) atoms. The van der Waals surface area contributed by atoms with Gasteiger partial charge in [0.1, 0.15) is 11.6 Å². The van der Waals surface area contributed by atoms with E-state index < -0.39 is 0 Å². The minimum Gasteiger partial charge on any atom is -0.382 e. The van der Waals surface area contributed by atoms with E-state index in [1.807, 2.05) is 6.92 Å². The number of hydrogen-bond acceptors (Lipinski definition) is 3. The van der Waals surface area contributed by atoms with E-state index in [2.05, 4.69) is 10.3 Å². The number of halogens is 2. The molecule has 0 aliphatic rings. The van der Waals surface area contributed by atoms with Crippen molar-refractivity contribution >= 4 is 34.8 Å². The normalized spacial score (nSPS) is 9.92. The van der Waals surface area contributed by atoms with Crippen LogP contribution in [0.25, 0.3) is 0 Å². The lowest BCUT2D eigenvalue weighted by Crippen LogP contribution is -2.02. The molecule has 0 spiro atoms. The van der Waals surface area contributed by atoms with Gasteiger partial charge in [-0.05, 0) is 13.0 Å². The first-order valence-corrected chi connectivity index (χ1v) is 4.26. The van der Waals surface area contributed by atoms with E-state index in [1.54, 1.807) is 6.07 Å². The standard InChI is InChI=1S/C7H9Cl2N3/c1-2-11-7-5(9)3-4(8)6(10)12-7/h3H,2H2,1H3,(H3,10,11,12). The molecule has 0 aromatic carbocycles. The lowest BCUT2D eigenvalue weighted by molar-refractivity contribution is 1.16. The van der Waals surface area contributed by atoms with Gasteiger partial charge in [-0.25, -0.2) is 4.98 Å². The van der Waals surface area contributed by atoms with E-state index in [1.165, 1.54) is 0 Å². The quantitative estimate of drug-likeness (QED) is 0.780. The average molecular weight is 206 g/mol. The van der Waals surface area contributed by atoms with Gasteiger partial charge in [0.05, 0.1) is 10.0 Å². The first-order valence-electron chi connectivity index (χ1n) is 3.50. The first kappa shape index (κ1) is 9.42. The predicted octanol–water partition coefficient (Wildman–Crippen LogP) is 2.40. The molecule has 0 atom stereocenters. The molecule has 0 unspecified atom stereocenters. The van der Waals surface area contributed by atoms with Crippen LogP contribution < -0.4 is 11.1 Å². The minimum absolute atomic E-state index is 0.289. The zero-order chi connectivity index (χ0) is 9.14. The van der Waals surface area contributed by atoms with Crippen LogP contribution in [-0.2, 0) is 0 Å². The number of aromatic nitrogens is 1. The van der Waals surface area contributed by atoms with Crippen molar-refractivity contribution < 1.29 is 0 Å². The van der Waals surface area contributed by atoms with Crippen molar-refractivity contribution in [3.8, 4) is 0 Å². The number of nitrogens with zero attached hydrogens (tertiary/aromatic N) is 1. The summed E-state index contributed by atoms with van der Waals surface area (Å²) in [4.78, 5) is 3.96. The van der Waals surface area contributed by atoms with E-state index in [0.717, 1.165) is 6.54 Å². The van der Waals surface area contributed by atoms with Crippen LogP contribution in [0.4, 0.5) is 11.6 Å². The van der Waals surface area contributed by atoms with Crippen molar-refractivity contribution in [2.45, 2.75) is 6.92 Å². The maximum Gasteiger partial charge on any atom is 0.147 e. The highest BCUT2D eigenvalue weighted by atomic mass is 35.5. The zero-order valence-electron chi connectivity index (χ0n) is 6.56. The Morgan fingerprint density at radius 1 is 1.50 bits per heavy atom. The molecule has 0 aliphatic heterocycles. The molecule has 66 valence electrons. The summed E-state index contributed by atoms with van der Waals surface area (Å²) in [5, 5.41) is 3.82. The van der Waals surface area contributed by atoms with E-state index in [-0.39, 0.29) is 5.82 Å². The smallest absolute Gasteiger partial charge is 0.147 e. The Balaban J connectivity index is 3.05. The van der Waals surface area contributed by atoms with Gasteiger partial charge >= 0.3 is 0 Å². The lowest BCUT2D eigenvalue weighted by atomic mass is 10.4. The highest BCUT2D eigenvalue weighted by Crippen LogP contribution is 2.26. The number of nitrogen functional groups attached to an aromatic ring is 1. The minimum atomic E-state index is 0.289. The highest BCUT2D eigenvalue weighted by molar-refractivity contribution is 6.37. The van der Waals surface area contributed by atoms with E-state index in [0.29, 0.717) is 15.9 Å². The van der Waals surface area contributed by atoms with Crippen LogP contribution >= 0.6 is 23.2 Å². The Bertz CT molecular complexity index is 288. The Hall–Kier alpha value is -0.670. The molecule has 3 nitrogen and oxygen atoms in total. The fourth-order valence-corrected chi connectivity index (χ4v) is 1.20. The SMILES string of the molecule is CCNc1nc(N)c(Cl)cc1Cl. The lowest BCUT2D eigenvalue weighted by Gasteiger charge is -2.06. The van der Waals surface area contributed by atoms with Gasteiger partial charge in [0.2, 0.25) is 0 Å². The third-order valence-corrected chi connectivity index (χ3v) is 1.89. The summed E-state index contributed by atoms with van der Waals surface area (Å²) in [6, 6.07) is 1.57. The van der Waals surface area contributed by atoms with Gasteiger partial charge in [0.25, 0.3) is 0 Å². The molecule has 0 radical (unpaired) electrons. The van der Waals surface area contributed by atoms with Crippen LogP contribution in [0.3, 0.4) is 0 Å². The second kappa shape index (κ2) is 3.83. The van der Waals surface area contributed by atoms with Crippen LogP contribution in [0.1, 0.15) is 6.92 Å². The van der Waals surface area contributed by atoms with Crippen LogP contribution in [0.15, 0.2) is 6.07 Å². The fourth-order valence-electron chi connectivity index (χ4n) is 0.772. The number of rotatable bonds is 2. The van der Waals surface area contributed by atoms with Gasteiger partial charge in [-0.2, -0.15) is 0 Å². The predicted molar refractivity (Wildman–Crippen MR) is 52.8 cm³/mol. The average Bonchev–Trinajstić information content (AvgIpc) is 2.01. The summed E-state index contributed by atoms with van der Waals surface area (Å²) < 4.78 is 0. The molecule has 0 fully saturated rings. The number of anilines is 2. The second-order valence-corrected chi connectivity index (χ2v) is 3.03. The summed E-state index contributed by atoms with van der Waals surface area (Å²) in [5.74, 6) is 0.859. The van der Waals surface area contributed by atoms with E-state index in [4.69, 9.17) is 28.9 Å². The molecule has 0 amide bonds. The Labute approximate surface area is 80.9 Å². The summed E-state index contributed by atoms with van der Waals surface area (Å²) in [5.41, 5.74) is 5.48. The molecule has 0 saturated carbocycles. The fraction of sp³-hybridized carbons (Fsp3) is 0.286. The molecule has 1 heterocycles. The third-order valence-electron chi connectivity index (χ3n) is 1.30. The molecular formula is C7H9Cl2N3. The van der Waals surface area contributed by atoms with Gasteiger partial charge < -0.3 is 11.1 Å². The first-order chi connectivity index (χ1) is 5.65. The number of nitrogens with one attached hydrogen (secondary N) is 1. The second-order valence-electron chi connectivity index (χ2n) is 2.22. The molecule has 0 saturated heterocycles. The van der Waals surface area contributed by atoms with E-state index >= 15 is 0 Å². The summed E-state index contributed by atoms with van der Waals surface area (Å²) in [6.45, 7) is 2.69. The molecule has 0 aliphatic carbocycles. The van der Waals surface area contributed by atoms with Gasteiger partial charge in [-0.3, -0.25) is 0 Å². The van der Waals surface area contributed by atoms with Crippen molar-refractivity contribution in [2.24, 2.45) is 0 Å². The summed E-state index contributed by atoms with van der Waals surface area (Å²) in [6.07, 6.45) is 0. The Kier molecular flexibility index (Phi) is 3.00. The van der Waals surface area contributed by atoms with Crippen LogP contribution in [-0.4, -0.2) is 11.5 Å². The van der Waals surface area contributed by atoms with E-state index in [9.17, 15) is 0 Å². The van der Waals surface area contributed by atoms with Gasteiger partial charge in [0, 0.05) is 6.54 Å². The largest absolute Gasteiger partial charge is 0.382 e. The molecule has 5 heteroatoms. The topological polar surface area (TPSA) is 50.9 Å². The Morgan fingerprint density at radius 2 is 2.17 bits per heavy atom. The molecule has 0 bridgehead atoms. The Morgan fingerprint density at radius 3 is 2.75 bits per heavy atom. The zero-order valence-corrected chi connectivity index (χ0v) is 8.08. The van der Waals surface area contributed by atoms with Crippen LogP contribution in [0.2, 0.25) is 10.0 Å². The van der Waals surface area contributed by atoms with Crippen molar-refractivity contribution in [1.82, 2.24) is 4.98 Å². The van der Waals surface area contributed by atoms with Gasteiger partial charge in [-0.1, -0.05) is 23.2 Å². The summed E-state index contributed by atoms with van der Waals surface area (Å²) >= 11 is 11.5.